The first kappa shape index (κ1) is 23.7. The molecule has 2 aliphatic rings. The van der Waals surface area contributed by atoms with Crippen LogP contribution >= 0.6 is 39.3 Å². The zero-order chi connectivity index (χ0) is 23.5. The molecule has 2 aromatic carbocycles. The molecule has 4 rings (SSSR count). The molecule has 11 heteroatoms. The summed E-state index contributed by atoms with van der Waals surface area (Å²) in [7, 11) is 0. The number of hydrogen-bond acceptors (Lipinski definition) is 7. The van der Waals surface area contributed by atoms with Gasteiger partial charge in [-0.25, -0.2) is 4.99 Å². The van der Waals surface area contributed by atoms with Gasteiger partial charge >= 0.3 is 0 Å². The van der Waals surface area contributed by atoms with Gasteiger partial charge in [-0.1, -0.05) is 17.7 Å². The van der Waals surface area contributed by atoms with Gasteiger partial charge in [0.2, 0.25) is 0 Å². The Labute approximate surface area is 208 Å². The highest BCUT2D eigenvalue weighted by Gasteiger charge is 2.32. The monoisotopic (exact) mass is 550 g/mol. The molecule has 0 atom stereocenters. The Morgan fingerprint density at radius 3 is 2.70 bits per heavy atom. The molecule has 0 unspecified atom stereocenters. The number of amidine groups is 1. The first-order chi connectivity index (χ1) is 15.9. The molecule has 2 aliphatic heterocycles. The van der Waals surface area contributed by atoms with E-state index in [9.17, 15) is 14.9 Å². The van der Waals surface area contributed by atoms with Crippen LogP contribution in [0.15, 0.2) is 50.8 Å². The molecule has 0 N–H and O–H groups in total. The topological polar surface area (TPSA) is 88.3 Å². The third-order valence-corrected chi connectivity index (χ3v) is 7.42. The molecule has 0 aromatic heterocycles. The fraction of sp³-hybridized carbons (Fsp3) is 0.273. The lowest BCUT2D eigenvalue weighted by atomic mass is 10.1. The molecule has 8 nitrogen and oxygen atoms in total. The lowest BCUT2D eigenvalue weighted by Crippen LogP contribution is -2.36. The standard InChI is InChI=1S/C22H20BrClN4O4S/c1-2-27-21(29)20(33-22(27)25-15-4-5-16(23)17(24)13-15)12-14-3-6-18(19(11-14)28(30)31)26-7-9-32-10-8-26/h3-6,11-13H,2,7-10H2,1H3/b20-12+,25-22?. The third kappa shape index (κ3) is 5.24. The summed E-state index contributed by atoms with van der Waals surface area (Å²) < 4.78 is 6.11. The number of ether oxygens (including phenoxy) is 1. The van der Waals surface area contributed by atoms with Gasteiger partial charge < -0.3 is 9.64 Å². The summed E-state index contributed by atoms with van der Waals surface area (Å²) in [6.45, 7) is 4.58. The van der Waals surface area contributed by atoms with E-state index in [-0.39, 0.29) is 16.5 Å². The Balaban J connectivity index is 1.64. The van der Waals surface area contributed by atoms with Gasteiger partial charge in [-0.3, -0.25) is 19.8 Å². The number of thioether (sulfide) groups is 1. The van der Waals surface area contributed by atoms with E-state index in [1.165, 1.54) is 17.8 Å². The Morgan fingerprint density at radius 1 is 1.27 bits per heavy atom. The predicted octanol–water partition coefficient (Wildman–Crippen LogP) is 5.47. The number of halogens is 2. The summed E-state index contributed by atoms with van der Waals surface area (Å²) >= 11 is 10.8. The summed E-state index contributed by atoms with van der Waals surface area (Å²) in [4.78, 5) is 32.9. The molecule has 2 fully saturated rings. The smallest absolute Gasteiger partial charge is 0.293 e. The van der Waals surface area contributed by atoms with E-state index < -0.39 is 0 Å². The average Bonchev–Trinajstić information content (AvgIpc) is 3.10. The van der Waals surface area contributed by atoms with Crippen LogP contribution in [-0.4, -0.2) is 53.7 Å². The minimum absolute atomic E-state index is 0.00689. The lowest BCUT2D eigenvalue weighted by molar-refractivity contribution is -0.384. The number of amides is 1. The maximum Gasteiger partial charge on any atom is 0.293 e. The third-order valence-electron chi connectivity index (χ3n) is 5.18. The van der Waals surface area contributed by atoms with Crippen molar-refractivity contribution in [1.82, 2.24) is 4.90 Å². The van der Waals surface area contributed by atoms with Crippen LogP contribution in [0.4, 0.5) is 17.1 Å². The number of nitro benzene ring substituents is 1. The van der Waals surface area contributed by atoms with Crippen LogP contribution in [0, 0.1) is 10.1 Å². The SMILES string of the molecule is CCN1C(=O)/C(=C\c2ccc(N3CCOCC3)c([N+](=O)[O-])c2)SC1=Nc1ccc(Br)c(Cl)c1. The molecule has 0 bridgehead atoms. The van der Waals surface area contributed by atoms with Crippen molar-refractivity contribution in [2.75, 3.05) is 37.7 Å². The first-order valence-corrected chi connectivity index (χ1v) is 12.2. The predicted molar refractivity (Wildman–Crippen MR) is 135 cm³/mol. The second-order valence-corrected chi connectivity index (χ2v) is 9.53. The van der Waals surface area contributed by atoms with Gasteiger partial charge in [0, 0.05) is 30.2 Å². The number of carbonyl (C=O) groups is 1. The van der Waals surface area contributed by atoms with Gasteiger partial charge in [0.05, 0.1) is 33.8 Å². The van der Waals surface area contributed by atoms with Gasteiger partial charge in [0.15, 0.2) is 5.17 Å². The number of rotatable bonds is 5. The highest BCUT2D eigenvalue weighted by molar-refractivity contribution is 9.10. The Kier molecular flexibility index (Phi) is 7.38. The number of hydrogen-bond donors (Lipinski definition) is 0. The molecule has 33 heavy (non-hydrogen) atoms. The number of anilines is 1. The molecule has 2 aromatic rings. The number of morpholine rings is 1. The summed E-state index contributed by atoms with van der Waals surface area (Å²) in [5, 5.41) is 12.8. The average molecular weight is 552 g/mol. The fourth-order valence-electron chi connectivity index (χ4n) is 3.53. The van der Waals surface area contributed by atoms with E-state index in [1.807, 2.05) is 11.8 Å². The van der Waals surface area contributed by atoms with Crippen LogP contribution in [-0.2, 0) is 9.53 Å². The van der Waals surface area contributed by atoms with Crippen molar-refractivity contribution < 1.29 is 14.5 Å². The van der Waals surface area contributed by atoms with Crippen LogP contribution in [0.25, 0.3) is 6.08 Å². The second kappa shape index (κ2) is 10.3. The van der Waals surface area contributed by atoms with E-state index in [0.717, 1.165) is 4.47 Å². The van der Waals surface area contributed by atoms with E-state index in [4.69, 9.17) is 16.3 Å². The molecule has 2 saturated heterocycles. The summed E-state index contributed by atoms with van der Waals surface area (Å²) in [5.41, 5.74) is 1.77. The fourth-order valence-corrected chi connectivity index (χ4v) is 5.02. The lowest BCUT2D eigenvalue weighted by Gasteiger charge is -2.28. The Morgan fingerprint density at radius 2 is 2.03 bits per heavy atom. The number of likely N-dealkylation sites (N-methyl/N-ethyl adjacent to an activating group) is 1. The van der Waals surface area contributed by atoms with E-state index in [2.05, 4.69) is 20.9 Å². The first-order valence-electron chi connectivity index (χ1n) is 10.2. The van der Waals surface area contributed by atoms with Crippen molar-refractivity contribution in [3.8, 4) is 0 Å². The molecule has 0 aliphatic carbocycles. The molecule has 2 heterocycles. The minimum atomic E-state index is -0.390. The zero-order valence-electron chi connectivity index (χ0n) is 17.7. The van der Waals surface area contributed by atoms with Crippen molar-refractivity contribution in [1.29, 1.82) is 0 Å². The largest absolute Gasteiger partial charge is 0.378 e. The zero-order valence-corrected chi connectivity index (χ0v) is 20.8. The van der Waals surface area contributed by atoms with Gasteiger partial charge in [-0.05, 0) is 70.5 Å². The van der Waals surface area contributed by atoms with Crippen molar-refractivity contribution in [2.24, 2.45) is 4.99 Å². The number of aliphatic imine (C=N–C) groups is 1. The Bertz CT molecular complexity index is 1170. The highest BCUT2D eigenvalue weighted by Crippen LogP contribution is 2.37. The maximum absolute atomic E-state index is 13.0. The number of benzene rings is 2. The number of nitro groups is 1. The number of nitrogens with zero attached hydrogens (tertiary/aromatic N) is 4. The van der Waals surface area contributed by atoms with Gasteiger partial charge in [0.25, 0.3) is 11.6 Å². The summed E-state index contributed by atoms with van der Waals surface area (Å²) in [5.74, 6) is -0.190. The molecule has 0 radical (unpaired) electrons. The van der Waals surface area contributed by atoms with Crippen LogP contribution < -0.4 is 4.90 Å². The van der Waals surface area contributed by atoms with Crippen LogP contribution in [0.3, 0.4) is 0 Å². The van der Waals surface area contributed by atoms with E-state index in [1.54, 1.807) is 41.3 Å². The van der Waals surface area contributed by atoms with Crippen LogP contribution in [0.1, 0.15) is 12.5 Å². The molecule has 172 valence electrons. The van der Waals surface area contributed by atoms with Crippen molar-refractivity contribution in [3.05, 3.63) is 66.5 Å². The van der Waals surface area contributed by atoms with Crippen molar-refractivity contribution >= 4 is 73.5 Å². The molecule has 0 saturated carbocycles. The van der Waals surface area contributed by atoms with Gasteiger partial charge in [-0.15, -0.1) is 0 Å². The minimum Gasteiger partial charge on any atom is -0.378 e. The van der Waals surface area contributed by atoms with Crippen molar-refractivity contribution in [2.45, 2.75) is 6.92 Å². The van der Waals surface area contributed by atoms with Crippen LogP contribution in [0.5, 0.6) is 0 Å². The molecule has 1 amide bonds. The molecular formula is C22H20BrClN4O4S. The van der Waals surface area contributed by atoms with E-state index >= 15 is 0 Å². The molecule has 0 spiro atoms. The maximum atomic E-state index is 13.0. The molecular weight excluding hydrogens is 532 g/mol. The van der Waals surface area contributed by atoms with Gasteiger partial charge in [-0.2, -0.15) is 0 Å². The van der Waals surface area contributed by atoms with Gasteiger partial charge in [0.1, 0.15) is 5.69 Å². The second-order valence-electron chi connectivity index (χ2n) is 7.26. The summed E-state index contributed by atoms with van der Waals surface area (Å²) in [6, 6.07) is 10.3. The quantitative estimate of drug-likeness (QED) is 0.278. The Hall–Kier alpha value is -2.40. The summed E-state index contributed by atoms with van der Waals surface area (Å²) in [6.07, 6.45) is 1.67. The van der Waals surface area contributed by atoms with Crippen molar-refractivity contribution in [3.63, 3.8) is 0 Å². The normalized spacial score (nSPS) is 19.1. The highest BCUT2D eigenvalue weighted by atomic mass is 79.9. The van der Waals surface area contributed by atoms with E-state index in [0.29, 0.717) is 64.9 Å². The van der Waals surface area contributed by atoms with Crippen LogP contribution in [0.2, 0.25) is 5.02 Å². The number of carbonyl (C=O) groups excluding carboxylic acids is 1.